The number of carbonyl (C=O) groups is 2. The number of esters is 2. The first-order valence-electron chi connectivity index (χ1n) is 36.5. The summed E-state index contributed by atoms with van der Waals surface area (Å²) in [6.07, 6.45) is 101. The molecular weight excluding hydrogens is 1000 g/mol. The van der Waals surface area contributed by atoms with E-state index < -0.39 is 6.10 Å². The van der Waals surface area contributed by atoms with E-state index in [1.165, 1.54) is 289 Å². The standard InChI is InChI=1S/C77H140O5/c1-3-5-7-9-11-13-15-17-19-21-23-25-27-29-31-33-35-36-37-38-39-40-42-43-45-47-49-51-53-55-57-59-61-63-65-67-69-71-76(79)81-74-75(73-78)82-77(80)72-70-68-66-64-62-60-58-56-54-52-50-48-46-44-41-34-32-30-28-26-24-22-20-18-16-14-12-10-8-6-4-2/h6,8,12,14,18,20-21,23-24,26,30,32,75,78H,3-5,7,9-11,13,15-17,19,22,25,27-29,31,33-74H2,1-2H3/b8-6-,14-12-,20-18-,23-21-,26-24-,32-30-. The summed E-state index contributed by atoms with van der Waals surface area (Å²) in [5, 5.41) is 9.71. The molecular formula is C77H140O5. The zero-order chi connectivity index (χ0) is 59.1. The van der Waals surface area contributed by atoms with Gasteiger partial charge >= 0.3 is 11.9 Å². The van der Waals surface area contributed by atoms with Gasteiger partial charge in [0.2, 0.25) is 0 Å². The highest BCUT2D eigenvalue weighted by molar-refractivity contribution is 5.70. The van der Waals surface area contributed by atoms with Crippen molar-refractivity contribution in [1.82, 2.24) is 0 Å². The maximum Gasteiger partial charge on any atom is 0.306 e. The fourth-order valence-corrected chi connectivity index (χ4v) is 11.1. The van der Waals surface area contributed by atoms with Gasteiger partial charge in [0.1, 0.15) is 6.61 Å². The van der Waals surface area contributed by atoms with E-state index in [4.69, 9.17) is 9.47 Å². The van der Waals surface area contributed by atoms with Gasteiger partial charge in [0.15, 0.2) is 6.10 Å². The van der Waals surface area contributed by atoms with Crippen LogP contribution in [0.1, 0.15) is 386 Å². The van der Waals surface area contributed by atoms with Crippen molar-refractivity contribution in [3.63, 3.8) is 0 Å². The van der Waals surface area contributed by atoms with Gasteiger partial charge in [-0.15, -0.1) is 0 Å². The molecule has 5 heteroatoms. The van der Waals surface area contributed by atoms with Crippen LogP contribution in [0.15, 0.2) is 72.9 Å². The molecule has 1 unspecified atom stereocenters. The molecule has 0 fully saturated rings. The third kappa shape index (κ3) is 69.8. The molecule has 0 aliphatic heterocycles. The monoisotopic (exact) mass is 1150 g/mol. The molecule has 0 saturated heterocycles. The summed E-state index contributed by atoms with van der Waals surface area (Å²) >= 11 is 0. The van der Waals surface area contributed by atoms with Crippen molar-refractivity contribution in [2.45, 2.75) is 392 Å². The molecule has 0 radical (unpaired) electrons. The molecule has 0 aromatic carbocycles. The van der Waals surface area contributed by atoms with Crippen molar-refractivity contribution in [2.24, 2.45) is 0 Å². The van der Waals surface area contributed by atoms with Gasteiger partial charge in [-0.25, -0.2) is 0 Å². The van der Waals surface area contributed by atoms with Gasteiger partial charge in [-0.3, -0.25) is 9.59 Å². The second kappa shape index (κ2) is 72.6. The summed E-state index contributed by atoms with van der Waals surface area (Å²) in [5.41, 5.74) is 0. The zero-order valence-electron chi connectivity index (χ0n) is 55.0. The van der Waals surface area contributed by atoms with Gasteiger partial charge in [-0.1, -0.05) is 363 Å². The van der Waals surface area contributed by atoms with Crippen LogP contribution in [0.5, 0.6) is 0 Å². The smallest absolute Gasteiger partial charge is 0.306 e. The lowest BCUT2D eigenvalue weighted by Crippen LogP contribution is -2.28. The summed E-state index contributed by atoms with van der Waals surface area (Å²) in [6.45, 7) is 4.08. The minimum atomic E-state index is -0.774. The van der Waals surface area contributed by atoms with Crippen LogP contribution >= 0.6 is 0 Å². The van der Waals surface area contributed by atoms with E-state index in [0.717, 1.165) is 70.6 Å². The van der Waals surface area contributed by atoms with E-state index in [0.29, 0.717) is 12.8 Å². The molecule has 0 bridgehead atoms. The largest absolute Gasteiger partial charge is 0.462 e. The first-order chi connectivity index (χ1) is 40.6. The number of hydrogen-bond acceptors (Lipinski definition) is 5. The number of ether oxygens (including phenoxy) is 2. The average molecular weight is 1150 g/mol. The van der Waals surface area contributed by atoms with Crippen LogP contribution in [-0.2, 0) is 19.1 Å². The molecule has 0 rings (SSSR count). The van der Waals surface area contributed by atoms with Gasteiger partial charge in [-0.2, -0.15) is 0 Å². The SMILES string of the molecule is CC/C=C\C/C=C\C/C=C\C/C=C\C/C=C\CCCCCCCCCCCCCCCCCC(=O)OC(CO)COC(=O)CCCCCCCCCCCCCCCCCCCCCCCCCCC/C=C\CCCCCCCCCC. The van der Waals surface area contributed by atoms with Crippen molar-refractivity contribution >= 4 is 11.9 Å². The summed E-state index contributed by atoms with van der Waals surface area (Å²) in [7, 11) is 0. The first-order valence-corrected chi connectivity index (χ1v) is 36.5. The van der Waals surface area contributed by atoms with E-state index in [2.05, 4.69) is 86.8 Å². The Morgan fingerprint density at radius 3 is 0.805 bits per heavy atom. The summed E-state index contributed by atoms with van der Waals surface area (Å²) in [4.78, 5) is 24.7. The van der Waals surface area contributed by atoms with E-state index in [9.17, 15) is 14.7 Å². The van der Waals surface area contributed by atoms with Crippen LogP contribution in [-0.4, -0.2) is 36.4 Å². The highest BCUT2D eigenvalue weighted by atomic mass is 16.6. The molecule has 0 aromatic rings. The van der Waals surface area contributed by atoms with Crippen molar-refractivity contribution in [3.05, 3.63) is 72.9 Å². The predicted octanol–water partition coefficient (Wildman–Crippen LogP) is 25.4. The van der Waals surface area contributed by atoms with Crippen molar-refractivity contribution in [2.75, 3.05) is 13.2 Å². The minimum Gasteiger partial charge on any atom is -0.462 e. The lowest BCUT2D eigenvalue weighted by Gasteiger charge is -2.15. The highest BCUT2D eigenvalue weighted by Crippen LogP contribution is 2.19. The number of aliphatic hydroxyl groups excluding tert-OH is 1. The number of allylic oxidation sites excluding steroid dienone is 12. The molecule has 1 N–H and O–H groups in total. The van der Waals surface area contributed by atoms with E-state index >= 15 is 0 Å². The lowest BCUT2D eigenvalue weighted by molar-refractivity contribution is -0.161. The molecule has 1 atom stereocenters. The normalized spacial score (nSPS) is 12.6. The van der Waals surface area contributed by atoms with Crippen LogP contribution in [0, 0.1) is 0 Å². The molecule has 0 spiro atoms. The molecule has 478 valence electrons. The second-order valence-corrected chi connectivity index (χ2v) is 24.6. The highest BCUT2D eigenvalue weighted by Gasteiger charge is 2.16. The molecule has 0 aliphatic carbocycles. The first kappa shape index (κ1) is 79.3. The van der Waals surface area contributed by atoms with Crippen molar-refractivity contribution in [1.29, 1.82) is 0 Å². The molecule has 0 aliphatic rings. The Balaban J connectivity index is 3.40. The average Bonchev–Trinajstić information content (AvgIpc) is 3.49. The number of aliphatic hydroxyl groups is 1. The van der Waals surface area contributed by atoms with Gasteiger partial charge in [0.05, 0.1) is 6.61 Å². The Morgan fingerprint density at radius 1 is 0.293 bits per heavy atom. The molecule has 82 heavy (non-hydrogen) atoms. The van der Waals surface area contributed by atoms with Gasteiger partial charge in [0, 0.05) is 12.8 Å². The number of unbranched alkanes of at least 4 members (excludes halogenated alkanes) is 48. The van der Waals surface area contributed by atoms with Gasteiger partial charge < -0.3 is 14.6 Å². The second-order valence-electron chi connectivity index (χ2n) is 24.6. The lowest BCUT2D eigenvalue weighted by atomic mass is 10.0. The number of carbonyl (C=O) groups excluding carboxylic acids is 2. The topological polar surface area (TPSA) is 72.8 Å². The third-order valence-electron chi connectivity index (χ3n) is 16.5. The molecule has 5 nitrogen and oxygen atoms in total. The Hall–Kier alpha value is -2.66. The van der Waals surface area contributed by atoms with Crippen LogP contribution in [0.3, 0.4) is 0 Å². The quantitative estimate of drug-likeness (QED) is 0.0373. The maximum atomic E-state index is 12.4. The van der Waals surface area contributed by atoms with Crippen LogP contribution in [0.2, 0.25) is 0 Å². The summed E-state index contributed by atoms with van der Waals surface area (Å²) < 4.78 is 10.8. The number of rotatable bonds is 68. The van der Waals surface area contributed by atoms with Gasteiger partial charge in [-0.05, 0) is 83.5 Å². The van der Waals surface area contributed by atoms with E-state index in [-0.39, 0.29) is 25.2 Å². The van der Waals surface area contributed by atoms with Crippen molar-refractivity contribution < 1.29 is 24.2 Å². The summed E-state index contributed by atoms with van der Waals surface area (Å²) in [6, 6.07) is 0. The Bertz CT molecular complexity index is 1440. The van der Waals surface area contributed by atoms with Crippen LogP contribution in [0.25, 0.3) is 0 Å². The van der Waals surface area contributed by atoms with Crippen molar-refractivity contribution in [3.8, 4) is 0 Å². The zero-order valence-corrected chi connectivity index (χ0v) is 55.0. The maximum absolute atomic E-state index is 12.4. The number of hydrogen-bond donors (Lipinski definition) is 1. The fraction of sp³-hybridized carbons (Fsp3) is 0.818. The molecule has 0 amide bonds. The Labute approximate surface area is 512 Å². The third-order valence-corrected chi connectivity index (χ3v) is 16.5. The Morgan fingerprint density at radius 2 is 0.524 bits per heavy atom. The minimum absolute atomic E-state index is 0.0627. The molecule has 0 heterocycles. The van der Waals surface area contributed by atoms with E-state index in [1.807, 2.05) is 0 Å². The molecule has 0 saturated carbocycles. The van der Waals surface area contributed by atoms with Crippen LogP contribution < -0.4 is 0 Å². The van der Waals surface area contributed by atoms with Gasteiger partial charge in [0.25, 0.3) is 0 Å². The summed E-state index contributed by atoms with van der Waals surface area (Å²) in [5.74, 6) is -0.572. The predicted molar refractivity (Wildman–Crippen MR) is 362 cm³/mol. The van der Waals surface area contributed by atoms with E-state index in [1.54, 1.807) is 0 Å². The Kier molecular flexibility index (Phi) is 70.2. The van der Waals surface area contributed by atoms with Crippen LogP contribution in [0.4, 0.5) is 0 Å². The molecule has 0 aromatic heterocycles. The fourth-order valence-electron chi connectivity index (χ4n) is 11.1.